The maximum absolute atomic E-state index is 12.8. The van der Waals surface area contributed by atoms with Gasteiger partial charge in [0, 0.05) is 44.7 Å². The van der Waals surface area contributed by atoms with Crippen molar-refractivity contribution >= 4 is 5.78 Å². The fraction of sp³-hybridized carbons (Fsp3) is 0.967. The van der Waals surface area contributed by atoms with Crippen LogP contribution in [-0.2, 0) is 38.0 Å². The lowest BCUT2D eigenvalue weighted by Gasteiger charge is -2.32. The van der Waals surface area contributed by atoms with Crippen molar-refractivity contribution in [3.05, 3.63) is 0 Å². The van der Waals surface area contributed by atoms with E-state index < -0.39 is 5.41 Å². The van der Waals surface area contributed by atoms with E-state index in [1.807, 2.05) is 0 Å². The number of carbonyl (C=O) groups excluding carboxylic acids is 1. The quantitative estimate of drug-likeness (QED) is 0.113. The molecular weight excluding hydrogens is 488 g/mol. The van der Waals surface area contributed by atoms with Gasteiger partial charge in [0.05, 0.1) is 66.1 Å². The van der Waals surface area contributed by atoms with Gasteiger partial charge < -0.3 is 33.2 Å². The van der Waals surface area contributed by atoms with Crippen LogP contribution in [-0.4, -0.2) is 98.3 Å². The Bertz CT molecular complexity index is 494. The van der Waals surface area contributed by atoms with E-state index in [1.54, 1.807) is 0 Å². The van der Waals surface area contributed by atoms with Crippen molar-refractivity contribution in [1.29, 1.82) is 0 Å². The summed E-state index contributed by atoms with van der Waals surface area (Å²) in [5.74, 6) is 0.139. The van der Waals surface area contributed by atoms with Crippen molar-refractivity contribution in [1.82, 2.24) is 0 Å². The molecule has 0 radical (unpaired) electrons. The Balaban J connectivity index is 4.03. The Labute approximate surface area is 233 Å². The van der Waals surface area contributed by atoms with E-state index in [9.17, 15) is 4.79 Å². The van der Waals surface area contributed by atoms with Gasteiger partial charge >= 0.3 is 0 Å². The molecule has 0 amide bonds. The minimum absolute atomic E-state index is 0.139. The highest BCUT2D eigenvalue weighted by molar-refractivity contribution is 5.79. The number of carbonyl (C=O) groups is 1. The molecular formula is C30H60O8. The van der Waals surface area contributed by atoms with Crippen LogP contribution in [0, 0.1) is 10.8 Å². The molecule has 0 saturated heterocycles. The molecule has 0 bridgehead atoms. The minimum Gasteiger partial charge on any atom is -0.381 e. The van der Waals surface area contributed by atoms with Crippen molar-refractivity contribution in [2.24, 2.45) is 10.8 Å². The Morgan fingerprint density at radius 2 is 0.921 bits per heavy atom. The van der Waals surface area contributed by atoms with E-state index in [2.05, 4.69) is 41.5 Å². The summed E-state index contributed by atoms with van der Waals surface area (Å²) in [6.07, 6.45) is 5.76. The maximum Gasteiger partial charge on any atom is 0.136 e. The number of ether oxygens (including phenoxy) is 7. The van der Waals surface area contributed by atoms with Gasteiger partial charge in [-0.25, -0.2) is 0 Å². The zero-order chi connectivity index (χ0) is 28.4. The lowest BCUT2D eigenvalue weighted by atomic mass is 9.84. The summed E-state index contributed by atoms with van der Waals surface area (Å²) in [6.45, 7) is 20.7. The van der Waals surface area contributed by atoms with Crippen LogP contribution in [0.5, 0.6) is 0 Å². The van der Waals surface area contributed by atoms with E-state index in [1.165, 1.54) is 0 Å². The average Bonchev–Trinajstić information content (AvgIpc) is 2.86. The van der Waals surface area contributed by atoms with Crippen LogP contribution in [0.4, 0.5) is 0 Å². The van der Waals surface area contributed by atoms with Gasteiger partial charge in [0.2, 0.25) is 0 Å². The van der Waals surface area contributed by atoms with E-state index >= 15 is 0 Å². The Morgan fingerprint density at radius 1 is 0.526 bits per heavy atom. The molecule has 0 aliphatic carbocycles. The molecule has 0 spiro atoms. The van der Waals surface area contributed by atoms with Gasteiger partial charge in [-0.2, -0.15) is 0 Å². The molecule has 8 nitrogen and oxygen atoms in total. The van der Waals surface area contributed by atoms with Crippen LogP contribution in [0.2, 0.25) is 0 Å². The summed E-state index contributed by atoms with van der Waals surface area (Å²) in [5, 5.41) is 0. The fourth-order valence-corrected chi connectivity index (χ4v) is 3.74. The molecule has 0 saturated carbocycles. The molecule has 38 heavy (non-hydrogen) atoms. The Kier molecular flexibility index (Phi) is 25.0. The first-order valence-electron chi connectivity index (χ1n) is 14.8. The molecule has 0 heterocycles. The van der Waals surface area contributed by atoms with E-state index in [0.717, 1.165) is 38.7 Å². The number of hydrogen-bond acceptors (Lipinski definition) is 8. The van der Waals surface area contributed by atoms with Crippen molar-refractivity contribution < 1.29 is 38.0 Å². The first kappa shape index (κ1) is 37.4. The molecule has 0 unspecified atom stereocenters. The molecule has 0 atom stereocenters. The summed E-state index contributed by atoms with van der Waals surface area (Å²) < 4.78 is 39.9. The van der Waals surface area contributed by atoms with Crippen molar-refractivity contribution in [3.8, 4) is 0 Å². The SMILES string of the molecule is CCCOCC(COCCC)(COCCC)CC(=O)CCOCCOCCOCCOCCCC(C)(C)C. The third-order valence-corrected chi connectivity index (χ3v) is 5.70. The van der Waals surface area contributed by atoms with Gasteiger partial charge in [-0.1, -0.05) is 41.5 Å². The second-order valence-electron chi connectivity index (χ2n) is 11.2. The summed E-state index contributed by atoms with van der Waals surface area (Å²) in [5.41, 5.74) is -0.102. The number of rotatable bonds is 29. The van der Waals surface area contributed by atoms with Crippen molar-refractivity contribution in [2.75, 3.05) is 92.5 Å². The molecule has 0 aliphatic rings. The van der Waals surface area contributed by atoms with Crippen LogP contribution in [0.1, 0.15) is 86.5 Å². The molecule has 0 rings (SSSR count). The fourth-order valence-electron chi connectivity index (χ4n) is 3.74. The van der Waals surface area contributed by atoms with E-state index in [4.69, 9.17) is 33.2 Å². The smallest absolute Gasteiger partial charge is 0.136 e. The largest absolute Gasteiger partial charge is 0.381 e. The predicted octanol–water partition coefficient (Wildman–Crippen LogP) is 5.49. The second kappa shape index (κ2) is 25.4. The van der Waals surface area contributed by atoms with Crippen LogP contribution >= 0.6 is 0 Å². The van der Waals surface area contributed by atoms with Gasteiger partial charge in [0.1, 0.15) is 5.78 Å². The Hall–Kier alpha value is -0.610. The van der Waals surface area contributed by atoms with Gasteiger partial charge in [-0.15, -0.1) is 0 Å². The molecule has 0 aromatic rings. The van der Waals surface area contributed by atoms with E-state index in [0.29, 0.717) is 104 Å². The highest BCUT2D eigenvalue weighted by atomic mass is 16.6. The molecule has 0 N–H and O–H groups in total. The maximum atomic E-state index is 12.8. The lowest BCUT2D eigenvalue weighted by Crippen LogP contribution is -2.40. The topological polar surface area (TPSA) is 81.7 Å². The molecule has 0 fully saturated rings. The lowest BCUT2D eigenvalue weighted by molar-refractivity contribution is -0.130. The van der Waals surface area contributed by atoms with Crippen molar-refractivity contribution in [3.63, 3.8) is 0 Å². The predicted molar refractivity (Wildman–Crippen MR) is 152 cm³/mol. The minimum atomic E-state index is -0.461. The summed E-state index contributed by atoms with van der Waals surface area (Å²) >= 11 is 0. The number of Topliss-reactive ketones (excluding diaryl/α,β-unsaturated/α-hetero) is 1. The third kappa shape index (κ3) is 24.4. The third-order valence-electron chi connectivity index (χ3n) is 5.70. The van der Waals surface area contributed by atoms with Gasteiger partial charge in [-0.05, 0) is 37.5 Å². The summed E-state index contributed by atoms with van der Waals surface area (Å²) in [6, 6.07) is 0. The molecule has 228 valence electrons. The normalized spacial score (nSPS) is 12.4. The van der Waals surface area contributed by atoms with Crippen LogP contribution < -0.4 is 0 Å². The Morgan fingerprint density at radius 3 is 1.32 bits per heavy atom. The number of hydrogen-bond donors (Lipinski definition) is 0. The van der Waals surface area contributed by atoms with Gasteiger partial charge in [-0.3, -0.25) is 4.79 Å². The molecule has 0 aromatic heterocycles. The van der Waals surface area contributed by atoms with Crippen molar-refractivity contribution in [2.45, 2.75) is 86.5 Å². The zero-order valence-corrected chi connectivity index (χ0v) is 25.6. The van der Waals surface area contributed by atoms with Gasteiger partial charge in [0.15, 0.2) is 0 Å². The monoisotopic (exact) mass is 548 g/mol. The van der Waals surface area contributed by atoms with Gasteiger partial charge in [0.25, 0.3) is 0 Å². The van der Waals surface area contributed by atoms with E-state index in [-0.39, 0.29) is 5.78 Å². The molecule has 8 heteroatoms. The average molecular weight is 549 g/mol. The summed E-state index contributed by atoms with van der Waals surface area (Å²) in [4.78, 5) is 12.8. The first-order chi connectivity index (χ1) is 18.3. The number of ketones is 1. The molecule has 0 aromatic carbocycles. The zero-order valence-electron chi connectivity index (χ0n) is 25.6. The molecule has 0 aliphatic heterocycles. The van der Waals surface area contributed by atoms with Crippen LogP contribution in [0.15, 0.2) is 0 Å². The highest BCUT2D eigenvalue weighted by Crippen LogP contribution is 2.26. The standard InChI is InChI=1S/C30H60O8/c1-7-13-36-25-30(26-37-14-8-2,27-38-15-9-3)24-28(31)11-17-33-19-21-35-23-22-34-20-18-32-16-10-12-29(4,5)6/h7-27H2,1-6H3. The first-order valence-corrected chi connectivity index (χ1v) is 14.8. The van der Waals surface area contributed by atoms with Crippen LogP contribution in [0.3, 0.4) is 0 Å². The second-order valence-corrected chi connectivity index (χ2v) is 11.2. The summed E-state index contributed by atoms with van der Waals surface area (Å²) in [7, 11) is 0. The highest BCUT2D eigenvalue weighted by Gasteiger charge is 2.34. The van der Waals surface area contributed by atoms with Crippen LogP contribution in [0.25, 0.3) is 0 Å².